The average Bonchev–Trinajstić information content (AvgIpc) is 3.21. The molecule has 1 aromatic heterocycles. The summed E-state index contributed by atoms with van der Waals surface area (Å²) < 4.78 is 70.7. The summed E-state index contributed by atoms with van der Waals surface area (Å²) in [6.45, 7) is 5.42. The Bertz CT molecular complexity index is 2310. The summed E-state index contributed by atoms with van der Waals surface area (Å²) in [5.41, 5.74) is 17.7. The second-order valence-electron chi connectivity index (χ2n) is 14.5. The van der Waals surface area contributed by atoms with Gasteiger partial charge >= 0.3 is 0 Å². The highest BCUT2D eigenvalue weighted by atomic mass is 32.2. The van der Waals surface area contributed by atoms with Crippen LogP contribution >= 0.6 is 0 Å². The lowest BCUT2D eigenvalue weighted by molar-refractivity contribution is -0.115. The topological polar surface area (TPSA) is 215 Å². The van der Waals surface area contributed by atoms with Gasteiger partial charge in [-0.15, -0.1) is 0 Å². The number of carbonyl (C=O) groups excluding carboxylic acids is 2. The molecule has 15 nitrogen and oxygen atoms in total. The van der Waals surface area contributed by atoms with Gasteiger partial charge in [-0.05, 0) is 55.5 Å². The van der Waals surface area contributed by atoms with Crippen LogP contribution in [0, 0.1) is 11.7 Å². The smallest absolute Gasteiger partial charge is 0.261 e. The zero-order valence-electron chi connectivity index (χ0n) is 33.1. The number of nitrogens with two attached hydrogens (primary N) is 2. The summed E-state index contributed by atoms with van der Waals surface area (Å²) in [4.78, 5) is 36.5. The Morgan fingerprint density at radius 2 is 1.75 bits per heavy atom. The largest absolute Gasteiger partial charge is 0.493 e. The Kier molecular flexibility index (Phi) is 13.9. The lowest BCUT2D eigenvalue weighted by Gasteiger charge is -2.36. The number of amides is 1. The number of benzene rings is 2. The van der Waals surface area contributed by atoms with Crippen molar-refractivity contribution < 1.29 is 50.6 Å². The van der Waals surface area contributed by atoms with Crippen molar-refractivity contribution in [2.75, 3.05) is 65.3 Å². The number of ether oxygens (including phenoxy) is 5. The summed E-state index contributed by atoms with van der Waals surface area (Å²) in [5, 5.41) is 0. The van der Waals surface area contributed by atoms with Crippen molar-refractivity contribution in [2.24, 2.45) is 16.6 Å². The highest BCUT2D eigenvalue weighted by molar-refractivity contribution is 7.85. The molecule has 3 aromatic rings. The Morgan fingerprint density at radius 3 is 2.41 bits per heavy atom. The molecule has 0 spiro atoms. The van der Waals surface area contributed by atoms with Crippen LogP contribution in [0.3, 0.4) is 0 Å². The van der Waals surface area contributed by atoms with E-state index in [1.807, 2.05) is 29.2 Å². The number of aromatic nitrogens is 1. The molecule has 0 aliphatic carbocycles. The molecule has 0 radical (unpaired) electrons. The standard InChI is InChI=1S/C41H44FN5O7.CH4O3S/c1-24-18-45-35(17-36(24)48)33-14-29(41(44)49)21-47(20-25-7-9-51-10-8-25)39(33)27-3-5-31(34(42)15-27)32-13-28(19-46-40(32)43)26-4-6-37(38(16-26)50-2)54-23-30-22-52-11-12-53-30;1-5(2,3)4/h3-6,13,15-16,18-19,21,25,30H,7-12,14,17,20,22-23H2,1-2H3,(H2,43,46)(H2,44,49);1H3,(H,2,3,4)/t30-;/m1./s1. The number of hydrogen-bond acceptors (Lipinski definition) is 13. The van der Waals surface area contributed by atoms with Gasteiger partial charge < -0.3 is 40.1 Å². The van der Waals surface area contributed by atoms with Gasteiger partial charge in [0.2, 0.25) is 5.91 Å². The quantitative estimate of drug-likeness (QED) is 0.218. The zero-order valence-corrected chi connectivity index (χ0v) is 33.9. The SMILES string of the molecule is COc1cc(-c2cnc(N)c(-c3ccc(C4=C(C5=NC=C(C)C(=O)C5)CC(C(N)=O)=CN4CC4CCOCC4)cc3F)c2)ccc1OC[C@H]1COCCO1.CS(=O)(=O)O. The molecule has 1 atom stereocenters. The summed E-state index contributed by atoms with van der Waals surface area (Å²) >= 11 is 0. The maximum absolute atomic E-state index is 16.5. The normalized spacial score (nSPS) is 18.9. The summed E-state index contributed by atoms with van der Waals surface area (Å²) in [6.07, 6.45) is 7.37. The molecule has 1 amide bonds. The van der Waals surface area contributed by atoms with Crippen LogP contribution in [0.4, 0.5) is 10.2 Å². The first-order chi connectivity index (χ1) is 28.2. The number of pyridine rings is 1. The molecular formula is C42H48FN5O10S. The number of aliphatic imine (C=N–C) groups is 1. The van der Waals surface area contributed by atoms with Gasteiger partial charge in [0.05, 0.1) is 51.0 Å². The Hall–Kier alpha value is -5.46. The second-order valence-corrected chi connectivity index (χ2v) is 16.0. The van der Waals surface area contributed by atoms with E-state index in [2.05, 4.69) is 9.98 Å². The molecule has 0 bridgehead atoms. The van der Waals surface area contributed by atoms with E-state index < -0.39 is 21.8 Å². The minimum Gasteiger partial charge on any atom is -0.493 e. The van der Waals surface area contributed by atoms with Crippen LogP contribution in [-0.4, -0.2) is 106 Å². The van der Waals surface area contributed by atoms with Crippen LogP contribution < -0.4 is 20.9 Å². The van der Waals surface area contributed by atoms with Crippen molar-refractivity contribution in [3.63, 3.8) is 0 Å². The molecule has 314 valence electrons. The van der Waals surface area contributed by atoms with E-state index >= 15 is 4.39 Å². The molecule has 7 rings (SSSR count). The maximum atomic E-state index is 16.5. The van der Waals surface area contributed by atoms with Gasteiger partial charge in [-0.2, -0.15) is 8.42 Å². The number of rotatable bonds is 11. The van der Waals surface area contributed by atoms with Crippen LogP contribution in [-0.2, 0) is 33.9 Å². The van der Waals surface area contributed by atoms with Gasteiger partial charge in [-0.1, -0.05) is 18.2 Å². The molecule has 0 saturated carbocycles. The molecule has 5 heterocycles. The van der Waals surface area contributed by atoms with Crippen molar-refractivity contribution in [3.05, 3.63) is 89.2 Å². The first kappa shape index (κ1) is 43.1. The van der Waals surface area contributed by atoms with E-state index in [1.54, 1.807) is 44.8 Å². The van der Waals surface area contributed by atoms with E-state index in [0.717, 1.165) is 18.4 Å². The highest BCUT2D eigenvalue weighted by Crippen LogP contribution is 2.40. The van der Waals surface area contributed by atoms with Crippen LogP contribution in [0.15, 0.2) is 82.8 Å². The third-order valence-corrected chi connectivity index (χ3v) is 10.2. The van der Waals surface area contributed by atoms with Gasteiger partial charge in [0.15, 0.2) is 17.3 Å². The molecular weight excluding hydrogens is 786 g/mol. The van der Waals surface area contributed by atoms with Gasteiger partial charge in [0, 0.05) is 83.7 Å². The van der Waals surface area contributed by atoms with Crippen molar-refractivity contribution in [3.8, 4) is 33.8 Å². The molecule has 17 heteroatoms. The first-order valence-electron chi connectivity index (χ1n) is 19.0. The lowest BCUT2D eigenvalue weighted by atomic mass is 9.87. The summed E-state index contributed by atoms with van der Waals surface area (Å²) in [5.74, 6) is 0.343. The number of allylic oxidation sites excluding steroid dienone is 2. The monoisotopic (exact) mass is 833 g/mol. The van der Waals surface area contributed by atoms with Gasteiger partial charge in [0.25, 0.3) is 10.1 Å². The Morgan fingerprint density at radius 1 is 1.00 bits per heavy atom. The minimum absolute atomic E-state index is 0.0636. The van der Waals surface area contributed by atoms with E-state index in [1.165, 1.54) is 6.07 Å². The fourth-order valence-corrected chi connectivity index (χ4v) is 7.11. The molecule has 4 aliphatic rings. The maximum Gasteiger partial charge on any atom is 0.261 e. The van der Waals surface area contributed by atoms with E-state index in [-0.39, 0.29) is 42.0 Å². The van der Waals surface area contributed by atoms with Gasteiger partial charge in [-0.3, -0.25) is 19.1 Å². The number of Topliss-reactive ketones (excluding diaryl/α,β-unsaturated/α-hetero) is 1. The molecule has 2 aromatic carbocycles. The van der Waals surface area contributed by atoms with Crippen LogP contribution in [0.1, 0.15) is 38.2 Å². The number of anilines is 1. The Labute approximate surface area is 342 Å². The predicted octanol–water partition coefficient (Wildman–Crippen LogP) is 4.97. The van der Waals surface area contributed by atoms with Crippen molar-refractivity contribution >= 4 is 39.0 Å². The number of ketones is 1. The van der Waals surface area contributed by atoms with E-state index in [4.69, 9.17) is 39.7 Å². The molecule has 0 unspecified atom stereocenters. The van der Waals surface area contributed by atoms with Gasteiger partial charge in [0.1, 0.15) is 24.3 Å². The van der Waals surface area contributed by atoms with Crippen LogP contribution in [0.2, 0.25) is 0 Å². The predicted molar refractivity (Wildman–Crippen MR) is 219 cm³/mol. The van der Waals surface area contributed by atoms with Crippen molar-refractivity contribution in [1.29, 1.82) is 0 Å². The number of methoxy groups -OCH3 is 1. The Balaban J connectivity index is 0.00000110. The van der Waals surface area contributed by atoms with E-state index in [0.29, 0.717) is 109 Å². The fraction of sp³-hybridized carbons (Fsp3) is 0.381. The summed E-state index contributed by atoms with van der Waals surface area (Å²) in [7, 11) is -2.10. The zero-order chi connectivity index (χ0) is 42.3. The molecule has 4 aliphatic heterocycles. The molecule has 59 heavy (non-hydrogen) atoms. The third-order valence-electron chi connectivity index (χ3n) is 10.2. The second kappa shape index (κ2) is 19.1. The van der Waals surface area contributed by atoms with E-state index in [9.17, 15) is 18.0 Å². The van der Waals surface area contributed by atoms with Crippen LogP contribution in [0.25, 0.3) is 28.0 Å². The lowest BCUT2D eigenvalue weighted by Crippen LogP contribution is -2.34. The van der Waals surface area contributed by atoms with Crippen molar-refractivity contribution in [1.82, 2.24) is 9.88 Å². The first-order valence-corrected chi connectivity index (χ1v) is 20.9. The van der Waals surface area contributed by atoms with Crippen molar-refractivity contribution in [2.45, 2.75) is 38.7 Å². The van der Waals surface area contributed by atoms with Gasteiger partial charge in [-0.25, -0.2) is 9.37 Å². The molecule has 2 saturated heterocycles. The number of nitrogens with zero attached hydrogens (tertiary/aromatic N) is 3. The summed E-state index contributed by atoms with van der Waals surface area (Å²) in [6, 6.07) is 12.3. The minimum atomic E-state index is -3.67. The highest BCUT2D eigenvalue weighted by Gasteiger charge is 2.31. The number of hydrogen-bond donors (Lipinski definition) is 3. The van der Waals surface area contributed by atoms with Crippen LogP contribution in [0.5, 0.6) is 11.5 Å². The third kappa shape index (κ3) is 11.2. The number of carbonyl (C=O) groups is 2. The number of primary amides is 1. The number of nitrogen functional groups attached to an aromatic ring is 1. The average molecular weight is 834 g/mol. The molecule has 5 N–H and O–H groups in total. The fourth-order valence-electron chi connectivity index (χ4n) is 7.11. The number of halogens is 1. The molecule has 2 fully saturated rings.